The Labute approximate surface area is 220 Å². The van der Waals surface area contributed by atoms with Gasteiger partial charge in [-0.15, -0.1) is 6.58 Å². The minimum Gasteiger partial charge on any atom is -0.493 e. The summed E-state index contributed by atoms with van der Waals surface area (Å²) in [6.07, 6.45) is 4.86. The van der Waals surface area contributed by atoms with E-state index in [1.165, 1.54) is 36.4 Å². The molecule has 1 aliphatic rings. The number of halogens is 3. The Kier molecular flexibility index (Phi) is 8.89. The number of hydrogen-bond acceptors (Lipinski definition) is 4. The predicted molar refractivity (Wildman–Crippen MR) is 140 cm³/mol. The summed E-state index contributed by atoms with van der Waals surface area (Å²) in [6.45, 7) is 5.71. The summed E-state index contributed by atoms with van der Waals surface area (Å²) in [7, 11) is 0. The highest BCUT2D eigenvalue weighted by Gasteiger charge is 2.28. The molecule has 1 unspecified atom stereocenters. The Morgan fingerprint density at radius 3 is 2.37 bits per heavy atom. The van der Waals surface area contributed by atoms with Crippen molar-refractivity contribution < 1.29 is 32.5 Å². The number of hydrogen-bond donors (Lipinski definition) is 1. The molecule has 38 heavy (non-hydrogen) atoms. The number of esters is 1. The molecule has 1 fully saturated rings. The summed E-state index contributed by atoms with van der Waals surface area (Å²) >= 11 is 0. The quantitative estimate of drug-likeness (QED) is 0.136. The van der Waals surface area contributed by atoms with Crippen molar-refractivity contribution in [2.75, 3.05) is 6.61 Å². The van der Waals surface area contributed by atoms with Crippen LogP contribution in [0, 0.1) is 23.4 Å². The molecule has 1 atom stereocenters. The van der Waals surface area contributed by atoms with Gasteiger partial charge in [-0.2, -0.15) is 0 Å². The van der Waals surface area contributed by atoms with Crippen LogP contribution in [0.25, 0.3) is 11.1 Å². The first-order chi connectivity index (χ1) is 18.3. The Morgan fingerprint density at radius 2 is 1.74 bits per heavy atom. The third-order valence-electron chi connectivity index (χ3n) is 7.13. The van der Waals surface area contributed by atoms with Gasteiger partial charge in [-0.1, -0.05) is 30.3 Å². The Morgan fingerprint density at radius 1 is 1.03 bits per heavy atom. The van der Waals surface area contributed by atoms with Gasteiger partial charge < -0.3 is 14.6 Å². The highest BCUT2D eigenvalue weighted by Crippen LogP contribution is 2.39. The first-order valence-corrected chi connectivity index (χ1v) is 12.8. The van der Waals surface area contributed by atoms with Gasteiger partial charge in [0.25, 0.3) is 0 Å². The van der Waals surface area contributed by atoms with Crippen molar-refractivity contribution in [3.63, 3.8) is 0 Å². The number of aliphatic hydroxyl groups excluding tert-OH is 1. The fraction of sp³-hybridized carbons (Fsp3) is 0.323. The molecule has 1 N–H and O–H groups in total. The first kappa shape index (κ1) is 27.5. The molecule has 0 radical (unpaired) electrons. The Bertz CT molecular complexity index is 1280. The maximum atomic E-state index is 15.1. The zero-order valence-electron chi connectivity index (χ0n) is 21.3. The molecular formula is C31H31F3O4. The molecule has 1 aliphatic carbocycles. The van der Waals surface area contributed by atoms with Gasteiger partial charge in [0.15, 0.2) is 23.2 Å². The van der Waals surface area contributed by atoms with Crippen LogP contribution in [0.4, 0.5) is 13.2 Å². The summed E-state index contributed by atoms with van der Waals surface area (Å²) in [6, 6.07) is 12.9. The van der Waals surface area contributed by atoms with E-state index in [1.54, 1.807) is 25.1 Å². The highest BCUT2D eigenvalue weighted by molar-refractivity contribution is 5.91. The zero-order chi connectivity index (χ0) is 27.2. The molecule has 4 nitrogen and oxygen atoms in total. The van der Waals surface area contributed by atoms with Crippen LogP contribution in [-0.4, -0.2) is 23.8 Å². The van der Waals surface area contributed by atoms with Crippen LogP contribution >= 0.6 is 0 Å². The smallest absolute Gasteiger partial charge is 0.343 e. The van der Waals surface area contributed by atoms with Crippen LogP contribution < -0.4 is 9.47 Å². The summed E-state index contributed by atoms with van der Waals surface area (Å²) < 4.78 is 55.0. The molecule has 0 aliphatic heterocycles. The predicted octanol–water partition coefficient (Wildman–Crippen LogP) is 7.60. The van der Waals surface area contributed by atoms with Crippen molar-refractivity contribution in [3.8, 4) is 22.6 Å². The van der Waals surface area contributed by atoms with E-state index in [1.807, 2.05) is 0 Å². The summed E-state index contributed by atoms with van der Waals surface area (Å²) in [5.41, 5.74) is 0.970. The van der Waals surface area contributed by atoms with Crippen molar-refractivity contribution >= 4 is 5.97 Å². The largest absolute Gasteiger partial charge is 0.493 e. The van der Waals surface area contributed by atoms with Gasteiger partial charge in [-0.25, -0.2) is 18.0 Å². The summed E-state index contributed by atoms with van der Waals surface area (Å²) in [5, 5.41) is 9.79. The van der Waals surface area contributed by atoms with Crippen LogP contribution in [0.5, 0.6) is 11.5 Å². The molecule has 0 aromatic heterocycles. The van der Waals surface area contributed by atoms with Crippen molar-refractivity contribution in [2.45, 2.75) is 51.0 Å². The second-order valence-electron chi connectivity index (χ2n) is 9.67. The van der Waals surface area contributed by atoms with Crippen LogP contribution in [0.3, 0.4) is 0 Å². The molecule has 0 saturated heterocycles. The van der Waals surface area contributed by atoms with Gasteiger partial charge in [-0.05, 0) is 86.3 Å². The van der Waals surface area contributed by atoms with E-state index >= 15 is 8.78 Å². The monoisotopic (exact) mass is 524 g/mol. The lowest BCUT2D eigenvalue weighted by molar-refractivity contribution is 0.0727. The van der Waals surface area contributed by atoms with Gasteiger partial charge in [0.05, 0.1) is 18.3 Å². The molecule has 7 heteroatoms. The van der Waals surface area contributed by atoms with Gasteiger partial charge in [0.1, 0.15) is 5.75 Å². The second kappa shape index (κ2) is 12.3. The molecule has 3 aromatic rings. The molecule has 3 aromatic carbocycles. The van der Waals surface area contributed by atoms with Gasteiger partial charge >= 0.3 is 5.97 Å². The lowest BCUT2D eigenvalue weighted by Gasteiger charge is -2.30. The fourth-order valence-electron chi connectivity index (χ4n) is 4.87. The lowest BCUT2D eigenvalue weighted by atomic mass is 9.76. The molecule has 0 amide bonds. The van der Waals surface area contributed by atoms with E-state index < -0.39 is 29.5 Å². The third-order valence-corrected chi connectivity index (χ3v) is 7.13. The third kappa shape index (κ3) is 6.27. The Balaban J connectivity index is 1.43. The van der Waals surface area contributed by atoms with E-state index in [9.17, 15) is 14.3 Å². The van der Waals surface area contributed by atoms with Gasteiger partial charge in [0, 0.05) is 11.6 Å². The number of ether oxygens (including phenoxy) is 2. The number of rotatable bonds is 9. The number of aliphatic hydroxyl groups is 1. The fourth-order valence-corrected chi connectivity index (χ4v) is 4.87. The Hall–Kier alpha value is -3.58. The van der Waals surface area contributed by atoms with E-state index in [2.05, 4.69) is 6.58 Å². The molecular weight excluding hydrogens is 493 g/mol. The van der Waals surface area contributed by atoms with Crippen LogP contribution in [-0.2, 0) is 0 Å². The number of benzene rings is 3. The van der Waals surface area contributed by atoms with Crippen molar-refractivity contribution in [2.24, 2.45) is 5.92 Å². The average Bonchev–Trinajstić information content (AvgIpc) is 2.92. The standard InChI is InChI=1S/C31H31F3O4/c1-3-4-17-37-24-13-16-28(27(32)18-24)38-31(36)23-11-9-22(10-12-23)26-15-14-25(29(33)30(26)34)21-7-5-20(6-8-21)19(2)35/h3,9-16,18-21,35H,1,4-8,17H2,2H3. The topological polar surface area (TPSA) is 55.8 Å². The van der Waals surface area contributed by atoms with E-state index in [-0.39, 0.29) is 28.7 Å². The van der Waals surface area contributed by atoms with E-state index in [0.717, 1.165) is 18.9 Å². The van der Waals surface area contributed by atoms with Crippen LogP contribution in [0.1, 0.15) is 60.9 Å². The van der Waals surface area contributed by atoms with Crippen LogP contribution in [0.2, 0.25) is 0 Å². The summed E-state index contributed by atoms with van der Waals surface area (Å²) in [5.74, 6) is -3.16. The molecule has 0 spiro atoms. The number of carbonyl (C=O) groups is 1. The van der Waals surface area contributed by atoms with Crippen LogP contribution in [0.15, 0.2) is 67.3 Å². The maximum Gasteiger partial charge on any atom is 0.343 e. The average molecular weight is 525 g/mol. The lowest BCUT2D eigenvalue weighted by Crippen LogP contribution is -2.23. The van der Waals surface area contributed by atoms with E-state index in [0.29, 0.717) is 42.7 Å². The summed E-state index contributed by atoms with van der Waals surface area (Å²) in [4.78, 5) is 12.5. The molecule has 0 bridgehead atoms. The minimum absolute atomic E-state index is 0.0844. The molecule has 0 heterocycles. The normalized spacial score (nSPS) is 18.0. The molecule has 1 saturated carbocycles. The maximum absolute atomic E-state index is 15.1. The SMILES string of the molecule is C=CCCOc1ccc(OC(=O)c2ccc(-c3ccc(C4CCC(C(C)O)CC4)c(F)c3F)cc2)c(F)c1. The molecule has 4 rings (SSSR count). The minimum atomic E-state index is -0.937. The number of carbonyl (C=O) groups excluding carboxylic acids is 1. The van der Waals surface area contributed by atoms with Gasteiger partial charge in [-0.3, -0.25) is 0 Å². The van der Waals surface area contributed by atoms with E-state index in [4.69, 9.17) is 9.47 Å². The highest BCUT2D eigenvalue weighted by atomic mass is 19.2. The molecule has 200 valence electrons. The zero-order valence-corrected chi connectivity index (χ0v) is 21.3. The second-order valence-corrected chi connectivity index (χ2v) is 9.67. The first-order valence-electron chi connectivity index (χ1n) is 12.8. The van der Waals surface area contributed by atoms with Gasteiger partial charge in [0.2, 0.25) is 0 Å². The van der Waals surface area contributed by atoms with Crippen molar-refractivity contribution in [3.05, 3.63) is 95.8 Å². The van der Waals surface area contributed by atoms with Crippen molar-refractivity contribution in [1.29, 1.82) is 0 Å². The van der Waals surface area contributed by atoms with Crippen molar-refractivity contribution in [1.82, 2.24) is 0 Å².